The van der Waals surface area contributed by atoms with Crippen LogP contribution in [0.4, 0.5) is 4.39 Å². The maximum Gasteiger partial charge on any atom is 0.294 e. The number of amides is 2. The lowest BCUT2D eigenvalue weighted by Crippen LogP contribution is -2.39. The van der Waals surface area contributed by atoms with Gasteiger partial charge < -0.3 is 19.1 Å². The molecule has 0 atom stereocenters. The van der Waals surface area contributed by atoms with Crippen LogP contribution in [-0.2, 0) is 22.7 Å². The molecular weight excluding hydrogens is 497 g/mol. The summed E-state index contributed by atoms with van der Waals surface area (Å²) < 4.78 is 20.4. The number of carbonyl (C=O) groups is 3. The Balaban J connectivity index is 1.57. The van der Waals surface area contributed by atoms with E-state index in [2.05, 4.69) is 0 Å². The van der Waals surface area contributed by atoms with Crippen LogP contribution in [0.2, 0.25) is 5.02 Å². The molecule has 0 aliphatic carbocycles. The Morgan fingerprint density at radius 2 is 1.76 bits per heavy atom. The molecule has 1 fully saturated rings. The summed E-state index contributed by atoms with van der Waals surface area (Å²) in [5.74, 6) is -1.36. The van der Waals surface area contributed by atoms with Gasteiger partial charge in [0.25, 0.3) is 17.6 Å². The predicted molar refractivity (Wildman–Crippen MR) is 140 cm³/mol. The van der Waals surface area contributed by atoms with Crippen LogP contribution >= 0.6 is 11.6 Å². The topological polar surface area (TPSA) is 71.8 Å². The van der Waals surface area contributed by atoms with Crippen molar-refractivity contribution in [3.63, 3.8) is 0 Å². The number of halogens is 2. The summed E-state index contributed by atoms with van der Waals surface area (Å²) in [5.41, 5.74) is 2.20. The Bertz CT molecular complexity index is 1310. The number of rotatable bonds is 8. The maximum absolute atomic E-state index is 13.5. The number of carbonyl (C=O) groups excluding carboxylic acids is 3. The number of benzene rings is 2. The number of hydrogen-bond donors (Lipinski definition) is 0. The first kappa shape index (κ1) is 26.8. The molecule has 1 aromatic heterocycles. The number of Topliss-reactive ketones (excluding diaryl/α,β-unsaturated/α-hetero) is 1. The van der Waals surface area contributed by atoms with Crippen molar-refractivity contribution in [1.29, 1.82) is 0 Å². The van der Waals surface area contributed by atoms with Gasteiger partial charge in [-0.05, 0) is 61.9 Å². The van der Waals surface area contributed by atoms with E-state index < -0.39 is 11.7 Å². The van der Waals surface area contributed by atoms with Gasteiger partial charge in [0.15, 0.2) is 0 Å². The lowest BCUT2D eigenvalue weighted by Gasteiger charge is -2.32. The first-order valence-corrected chi connectivity index (χ1v) is 12.8. The number of aromatic nitrogens is 1. The van der Waals surface area contributed by atoms with Gasteiger partial charge in [-0.3, -0.25) is 14.4 Å². The second-order valence-electron chi connectivity index (χ2n) is 9.58. The van der Waals surface area contributed by atoms with Crippen LogP contribution in [0.5, 0.6) is 0 Å². The average molecular weight is 528 g/mol. The largest absolute Gasteiger partial charge is 0.361 e. The third-order valence-corrected chi connectivity index (χ3v) is 7.13. The number of hydrogen-bond acceptors (Lipinski definition) is 4. The highest BCUT2D eigenvalue weighted by atomic mass is 35.5. The molecule has 7 nitrogen and oxygen atoms in total. The fraction of sp³-hybridized carbons (Fsp3) is 0.393. The normalized spacial score (nSPS) is 14.2. The highest BCUT2D eigenvalue weighted by Crippen LogP contribution is 2.31. The fourth-order valence-corrected chi connectivity index (χ4v) is 4.97. The number of fused-ring (bicyclic) bond motifs is 1. The Morgan fingerprint density at radius 3 is 2.38 bits per heavy atom. The zero-order valence-corrected chi connectivity index (χ0v) is 22.1. The molecule has 0 spiro atoms. The molecule has 2 amide bonds. The van der Waals surface area contributed by atoms with E-state index in [0.29, 0.717) is 42.1 Å². The number of likely N-dealkylation sites (tertiary alicyclic amines) is 1. The minimum Gasteiger partial charge on any atom is -0.361 e. The first-order chi connectivity index (χ1) is 17.7. The molecule has 1 aliphatic heterocycles. The lowest BCUT2D eigenvalue weighted by atomic mass is 9.90. The van der Waals surface area contributed by atoms with E-state index in [1.165, 1.54) is 31.1 Å². The van der Waals surface area contributed by atoms with Gasteiger partial charge in [-0.1, -0.05) is 23.7 Å². The van der Waals surface area contributed by atoms with Crippen LogP contribution in [0, 0.1) is 11.7 Å². The standard InChI is InChI=1S/C28H31ClFN3O4/c1-4-37-17-33-16-23(26(34)28(36)31(2)3)21-14-22(24(29)15-25(21)33)27(35)32-11-9-19(10-12-32)13-18-5-7-20(30)8-6-18/h5-8,14-16,19H,4,9-13,17H2,1-3H3. The summed E-state index contributed by atoms with van der Waals surface area (Å²) in [5, 5.41) is 0.763. The van der Waals surface area contributed by atoms with E-state index in [9.17, 15) is 18.8 Å². The highest BCUT2D eigenvalue weighted by molar-refractivity contribution is 6.45. The van der Waals surface area contributed by atoms with Crippen molar-refractivity contribution in [3.05, 3.63) is 70.1 Å². The molecule has 37 heavy (non-hydrogen) atoms. The quantitative estimate of drug-likeness (QED) is 0.312. The smallest absolute Gasteiger partial charge is 0.294 e. The molecule has 0 radical (unpaired) electrons. The number of ketones is 1. The lowest BCUT2D eigenvalue weighted by molar-refractivity contribution is -0.124. The number of piperidine rings is 1. The number of ether oxygens (including phenoxy) is 1. The van der Waals surface area contributed by atoms with Crippen LogP contribution in [0.25, 0.3) is 10.9 Å². The number of nitrogens with zero attached hydrogens (tertiary/aromatic N) is 3. The van der Waals surface area contributed by atoms with E-state index in [-0.39, 0.29) is 29.0 Å². The van der Waals surface area contributed by atoms with Crippen LogP contribution < -0.4 is 0 Å². The van der Waals surface area contributed by atoms with Crippen LogP contribution in [0.3, 0.4) is 0 Å². The summed E-state index contributed by atoms with van der Waals surface area (Å²) in [6, 6.07) is 9.82. The second kappa shape index (κ2) is 11.4. The molecule has 2 aromatic carbocycles. The third-order valence-electron chi connectivity index (χ3n) is 6.82. The molecule has 0 N–H and O–H groups in total. The van der Waals surface area contributed by atoms with E-state index >= 15 is 0 Å². The average Bonchev–Trinajstić information content (AvgIpc) is 3.24. The van der Waals surface area contributed by atoms with Crippen LogP contribution in [-0.4, -0.2) is 65.8 Å². The monoisotopic (exact) mass is 527 g/mol. The van der Waals surface area contributed by atoms with Crippen molar-refractivity contribution in [2.75, 3.05) is 33.8 Å². The van der Waals surface area contributed by atoms with Crippen molar-refractivity contribution in [2.45, 2.75) is 32.9 Å². The minimum absolute atomic E-state index is 0.182. The van der Waals surface area contributed by atoms with Gasteiger partial charge >= 0.3 is 0 Å². The van der Waals surface area contributed by atoms with Gasteiger partial charge in [-0.25, -0.2) is 4.39 Å². The first-order valence-electron chi connectivity index (χ1n) is 12.4. The van der Waals surface area contributed by atoms with Gasteiger partial charge in [-0.2, -0.15) is 0 Å². The summed E-state index contributed by atoms with van der Waals surface area (Å²) in [6.07, 6.45) is 4.08. The van der Waals surface area contributed by atoms with Gasteiger partial charge in [0, 0.05) is 45.4 Å². The zero-order valence-electron chi connectivity index (χ0n) is 21.3. The molecular formula is C28H31ClFN3O4. The minimum atomic E-state index is -0.660. The SMILES string of the molecule is CCOCn1cc(C(=O)C(=O)N(C)C)c2cc(C(=O)N3CCC(Cc4ccc(F)cc4)CC3)c(Cl)cc21. The summed E-state index contributed by atoms with van der Waals surface area (Å²) in [4.78, 5) is 41.9. The molecule has 0 bridgehead atoms. The molecule has 2 heterocycles. The van der Waals surface area contributed by atoms with Crippen LogP contribution in [0.15, 0.2) is 42.6 Å². The Kier molecular flexibility index (Phi) is 8.29. The molecule has 1 saturated heterocycles. The molecule has 3 aromatic rings. The van der Waals surface area contributed by atoms with E-state index in [1.54, 1.807) is 39.9 Å². The van der Waals surface area contributed by atoms with Crippen molar-refractivity contribution in [2.24, 2.45) is 5.92 Å². The van der Waals surface area contributed by atoms with Gasteiger partial charge in [0.2, 0.25) is 0 Å². The van der Waals surface area contributed by atoms with E-state index in [0.717, 1.165) is 24.8 Å². The van der Waals surface area contributed by atoms with Crippen molar-refractivity contribution >= 4 is 40.1 Å². The third kappa shape index (κ3) is 5.86. The summed E-state index contributed by atoms with van der Waals surface area (Å²) in [7, 11) is 3.04. The molecule has 4 rings (SSSR count). The second-order valence-corrected chi connectivity index (χ2v) is 9.99. The van der Waals surface area contributed by atoms with Crippen molar-refractivity contribution in [1.82, 2.24) is 14.4 Å². The Hall–Kier alpha value is -3.23. The van der Waals surface area contributed by atoms with Gasteiger partial charge in [-0.15, -0.1) is 0 Å². The van der Waals surface area contributed by atoms with Crippen molar-refractivity contribution < 1.29 is 23.5 Å². The molecule has 9 heteroatoms. The number of likely N-dealkylation sites (N-methyl/N-ethyl adjacent to an activating group) is 1. The van der Waals surface area contributed by atoms with Crippen LogP contribution in [0.1, 0.15) is 46.0 Å². The fourth-order valence-electron chi connectivity index (χ4n) is 4.73. The van der Waals surface area contributed by atoms with Gasteiger partial charge in [0.1, 0.15) is 12.5 Å². The Morgan fingerprint density at radius 1 is 1.08 bits per heavy atom. The molecule has 0 unspecified atom stereocenters. The summed E-state index contributed by atoms with van der Waals surface area (Å²) in [6.45, 7) is 3.67. The van der Waals surface area contributed by atoms with Crippen molar-refractivity contribution in [3.8, 4) is 0 Å². The maximum atomic E-state index is 13.5. The van der Waals surface area contributed by atoms with E-state index in [1.807, 2.05) is 6.92 Å². The molecule has 1 aliphatic rings. The van der Waals surface area contributed by atoms with Gasteiger partial charge in [0.05, 0.1) is 21.7 Å². The Labute approximate surface area is 220 Å². The predicted octanol–water partition coefficient (Wildman–Crippen LogP) is 4.79. The zero-order chi connectivity index (χ0) is 26.7. The van der Waals surface area contributed by atoms with E-state index in [4.69, 9.17) is 16.3 Å². The molecule has 196 valence electrons. The highest BCUT2D eigenvalue weighted by Gasteiger charge is 2.28. The molecule has 0 saturated carbocycles. The summed E-state index contributed by atoms with van der Waals surface area (Å²) >= 11 is 6.58.